The molecule has 0 aromatic heterocycles. The summed E-state index contributed by atoms with van der Waals surface area (Å²) in [6, 6.07) is 0. The highest BCUT2D eigenvalue weighted by Crippen LogP contribution is 2.36. The molecular weight excluding hydrogens is 260 g/mol. The molecule has 0 heterocycles. The van der Waals surface area contributed by atoms with Crippen molar-refractivity contribution in [1.82, 2.24) is 0 Å². The molecule has 0 rings (SSSR count). The molecule has 0 unspecified atom stereocenters. The average Bonchev–Trinajstić information content (AvgIpc) is 2.25. The van der Waals surface area contributed by atoms with Crippen molar-refractivity contribution in [2.24, 2.45) is 0 Å². The maximum atomic E-state index is 11.1. The van der Waals surface area contributed by atoms with Gasteiger partial charge in [0.25, 0.3) is 0 Å². The third-order valence-corrected chi connectivity index (χ3v) is 7.96. The van der Waals surface area contributed by atoms with Gasteiger partial charge in [-0.05, 0) is 37.6 Å². The van der Waals surface area contributed by atoms with Crippen LogP contribution in [0.3, 0.4) is 0 Å². The molecule has 0 aliphatic rings. The third-order valence-electron chi connectivity index (χ3n) is 3.42. The van der Waals surface area contributed by atoms with Crippen molar-refractivity contribution in [3.63, 3.8) is 0 Å². The number of ether oxygens (including phenoxy) is 1. The van der Waals surface area contributed by atoms with Crippen molar-refractivity contribution in [3.8, 4) is 0 Å². The summed E-state index contributed by atoms with van der Waals surface area (Å²) in [7, 11) is -1.76. The molecule has 0 bridgehead atoms. The summed E-state index contributed by atoms with van der Waals surface area (Å²) >= 11 is 0. The summed E-state index contributed by atoms with van der Waals surface area (Å²) in [6.07, 6.45) is 2.53. The number of aliphatic hydroxyl groups is 1. The van der Waals surface area contributed by atoms with Crippen molar-refractivity contribution in [1.29, 1.82) is 0 Å². The minimum Gasteiger partial charge on any atom is -0.463 e. The standard InChI is InChI=1S/C14H28O4Si/c1-7-17-13(16)9-8-12(15)10-11-18-19(5,6)14(2,3)4/h8-9,12,15H,7,10-11H2,1-6H3/b9-8+/t12-/m0/s1. The van der Waals surface area contributed by atoms with Crippen LogP contribution in [-0.4, -0.2) is 38.7 Å². The molecule has 112 valence electrons. The van der Waals surface area contributed by atoms with Gasteiger partial charge in [-0.25, -0.2) is 4.79 Å². The number of aliphatic hydroxyl groups excluding tert-OH is 1. The van der Waals surface area contributed by atoms with E-state index in [1.54, 1.807) is 6.92 Å². The summed E-state index contributed by atoms with van der Waals surface area (Å²) in [5.41, 5.74) is 0. The number of carbonyl (C=O) groups excluding carboxylic acids is 1. The van der Waals surface area contributed by atoms with E-state index in [9.17, 15) is 9.90 Å². The van der Waals surface area contributed by atoms with Crippen molar-refractivity contribution >= 4 is 14.3 Å². The number of esters is 1. The molecule has 1 atom stereocenters. The number of hydrogen-bond donors (Lipinski definition) is 1. The van der Waals surface area contributed by atoms with E-state index >= 15 is 0 Å². The van der Waals surface area contributed by atoms with Crippen LogP contribution in [0.5, 0.6) is 0 Å². The first-order valence-electron chi connectivity index (χ1n) is 6.77. The van der Waals surface area contributed by atoms with Crippen LogP contribution in [0.1, 0.15) is 34.1 Å². The first-order chi connectivity index (χ1) is 8.60. The van der Waals surface area contributed by atoms with Gasteiger partial charge in [0.2, 0.25) is 0 Å². The minimum absolute atomic E-state index is 0.165. The van der Waals surface area contributed by atoms with E-state index in [-0.39, 0.29) is 5.04 Å². The van der Waals surface area contributed by atoms with E-state index < -0.39 is 20.4 Å². The van der Waals surface area contributed by atoms with Crippen LogP contribution in [0.15, 0.2) is 12.2 Å². The lowest BCUT2D eigenvalue weighted by atomic mass is 10.2. The molecule has 0 aromatic carbocycles. The van der Waals surface area contributed by atoms with Gasteiger partial charge < -0.3 is 14.3 Å². The SMILES string of the molecule is CCOC(=O)/C=C/[C@H](O)CCO[Si](C)(C)C(C)(C)C. The van der Waals surface area contributed by atoms with Gasteiger partial charge in [-0.3, -0.25) is 0 Å². The number of rotatable bonds is 7. The Hall–Kier alpha value is -0.653. The minimum atomic E-state index is -1.76. The zero-order valence-corrected chi connectivity index (χ0v) is 14.0. The Morgan fingerprint density at radius 2 is 1.95 bits per heavy atom. The summed E-state index contributed by atoms with van der Waals surface area (Å²) in [4.78, 5) is 11.1. The maximum Gasteiger partial charge on any atom is 0.330 e. The normalized spacial score (nSPS) is 14.7. The number of carbonyl (C=O) groups is 1. The molecule has 0 saturated carbocycles. The van der Waals surface area contributed by atoms with Crippen LogP contribution in [0, 0.1) is 0 Å². The van der Waals surface area contributed by atoms with Gasteiger partial charge in [-0.2, -0.15) is 0 Å². The van der Waals surface area contributed by atoms with E-state index in [4.69, 9.17) is 9.16 Å². The topological polar surface area (TPSA) is 55.8 Å². The van der Waals surface area contributed by atoms with Gasteiger partial charge in [0.1, 0.15) is 0 Å². The fraction of sp³-hybridized carbons (Fsp3) is 0.786. The Balaban J connectivity index is 4.05. The molecule has 0 radical (unpaired) electrons. The van der Waals surface area contributed by atoms with E-state index in [1.807, 2.05) is 0 Å². The van der Waals surface area contributed by atoms with Gasteiger partial charge >= 0.3 is 5.97 Å². The van der Waals surface area contributed by atoms with Crippen LogP contribution in [0.2, 0.25) is 18.1 Å². The monoisotopic (exact) mass is 288 g/mol. The smallest absolute Gasteiger partial charge is 0.330 e. The fourth-order valence-electron chi connectivity index (χ4n) is 1.13. The summed E-state index contributed by atoms with van der Waals surface area (Å²) < 4.78 is 10.7. The predicted molar refractivity (Wildman–Crippen MR) is 79.5 cm³/mol. The Bertz CT molecular complexity index is 305. The Labute approximate surface area is 117 Å². The van der Waals surface area contributed by atoms with Crippen LogP contribution in [0.4, 0.5) is 0 Å². The molecule has 0 fully saturated rings. The highest BCUT2D eigenvalue weighted by Gasteiger charge is 2.36. The molecule has 0 aliphatic carbocycles. The first-order valence-corrected chi connectivity index (χ1v) is 9.68. The second-order valence-electron chi connectivity index (χ2n) is 6.08. The molecule has 4 nitrogen and oxygen atoms in total. The Morgan fingerprint density at radius 1 is 1.37 bits per heavy atom. The van der Waals surface area contributed by atoms with E-state index in [2.05, 4.69) is 33.9 Å². The average molecular weight is 288 g/mol. The summed E-state index contributed by atoms with van der Waals surface area (Å²) in [5, 5.41) is 9.87. The molecule has 0 spiro atoms. The van der Waals surface area contributed by atoms with Crippen LogP contribution < -0.4 is 0 Å². The van der Waals surface area contributed by atoms with Crippen LogP contribution in [0.25, 0.3) is 0 Å². The zero-order chi connectivity index (χ0) is 15.1. The summed E-state index contributed by atoms with van der Waals surface area (Å²) in [6.45, 7) is 13.5. The molecule has 0 amide bonds. The Kier molecular flexibility index (Phi) is 7.55. The summed E-state index contributed by atoms with van der Waals surface area (Å²) in [5.74, 6) is -0.424. The Morgan fingerprint density at radius 3 is 2.42 bits per heavy atom. The lowest BCUT2D eigenvalue weighted by molar-refractivity contribution is -0.137. The predicted octanol–water partition coefficient (Wildman–Crippen LogP) is 2.88. The molecule has 5 heteroatoms. The number of hydrogen-bond acceptors (Lipinski definition) is 4. The van der Waals surface area contributed by atoms with Gasteiger partial charge in [0, 0.05) is 12.7 Å². The van der Waals surface area contributed by atoms with Crippen molar-refractivity contribution in [3.05, 3.63) is 12.2 Å². The highest BCUT2D eigenvalue weighted by atomic mass is 28.4. The van der Waals surface area contributed by atoms with E-state index in [0.29, 0.717) is 19.6 Å². The quantitative estimate of drug-likeness (QED) is 0.444. The maximum absolute atomic E-state index is 11.1. The second-order valence-corrected chi connectivity index (χ2v) is 10.9. The first kappa shape index (κ1) is 18.3. The van der Waals surface area contributed by atoms with Gasteiger partial charge in [0.15, 0.2) is 8.32 Å². The van der Waals surface area contributed by atoms with E-state index in [1.165, 1.54) is 12.2 Å². The largest absolute Gasteiger partial charge is 0.463 e. The lowest BCUT2D eigenvalue weighted by Gasteiger charge is -2.36. The molecular formula is C14H28O4Si. The molecule has 19 heavy (non-hydrogen) atoms. The second kappa shape index (κ2) is 7.82. The van der Waals surface area contributed by atoms with Gasteiger partial charge in [-0.15, -0.1) is 0 Å². The zero-order valence-electron chi connectivity index (χ0n) is 13.0. The molecule has 0 aromatic rings. The van der Waals surface area contributed by atoms with Crippen LogP contribution >= 0.6 is 0 Å². The van der Waals surface area contributed by atoms with E-state index in [0.717, 1.165) is 0 Å². The molecule has 1 N–H and O–H groups in total. The third kappa shape index (κ3) is 7.50. The van der Waals surface area contributed by atoms with Crippen molar-refractivity contribution in [2.75, 3.05) is 13.2 Å². The van der Waals surface area contributed by atoms with Gasteiger partial charge in [0.05, 0.1) is 12.7 Å². The van der Waals surface area contributed by atoms with Gasteiger partial charge in [-0.1, -0.05) is 20.8 Å². The van der Waals surface area contributed by atoms with Crippen molar-refractivity contribution in [2.45, 2.75) is 58.4 Å². The van der Waals surface area contributed by atoms with Crippen molar-refractivity contribution < 1.29 is 19.1 Å². The molecule has 0 saturated heterocycles. The lowest BCUT2D eigenvalue weighted by Crippen LogP contribution is -2.41. The van der Waals surface area contributed by atoms with Crippen LogP contribution in [-0.2, 0) is 14.0 Å². The fourth-order valence-corrected chi connectivity index (χ4v) is 2.19. The highest BCUT2D eigenvalue weighted by molar-refractivity contribution is 6.74. The molecule has 0 aliphatic heterocycles.